The monoisotopic (exact) mass is 372 g/mol. The Morgan fingerprint density at radius 3 is 2.23 bits per heavy atom. The molecule has 2 atom stereocenters. The summed E-state index contributed by atoms with van der Waals surface area (Å²) in [5, 5.41) is 0. The Labute approximate surface area is 155 Å². The first-order valence-corrected chi connectivity index (χ1v) is 10.7. The Kier molecular flexibility index (Phi) is 4.71. The molecule has 2 aromatic rings. The molecule has 2 aliphatic rings. The number of aryl methyl sites for hydroxylation is 1. The van der Waals surface area contributed by atoms with Crippen molar-refractivity contribution in [2.24, 2.45) is 0 Å². The van der Waals surface area contributed by atoms with E-state index in [1.165, 1.54) is 0 Å². The van der Waals surface area contributed by atoms with E-state index < -0.39 is 10.0 Å². The molecule has 0 amide bonds. The summed E-state index contributed by atoms with van der Waals surface area (Å²) in [6.07, 6.45) is 7.69. The van der Waals surface area contributed by atoms with Gasteiger partial charge in [0.15, 0.2) is 0 Å². The standard InChI is InChI=1S/C20H24N2O3S/c1-2-15-3-7-20(8-4-15)26(23,24)22-16-5-6-17(22)14-19(13-16)25-18-9-11-21-12-10-18/h3-4,7-12,16-17,19H,2,5-6,13-14H2,1H3. The third-order valence-corrected chi connectivity index (χ3v) is 7.50. The van der Waals surface area contributed by atoms with Crippen LogP contribution < -0.4 is 4.74 Å². The molecule has 2 fully saturated rings. The molecule has 0 radical (unpaired) electrons. The Morgan fingerprint density at radius 1 is 1.04 bits per heavy atom. The van der Waals surface area contributed by atoms with Gasteiger partial charge in [0, 0.05) is 37.3 Å². The maximum Gasteiger partial charge on any atom is 0.243 e. The molecule has 2 aliphatic heterocycles. The van der Waals surface area contributed by atoms with Crippen molar-refractivity contribution in [3.05, 3.63) is 54.4 Å². The lowest BCUT2D eigenvalue weighted by atomic mass is 10.0. The molecule has 138 valence electrons. The second-order valence-corrected chi connectivity index (χ2v) is 8.95. The summed E-state index contributed by atoms with van der Waals surface area (Å²) in [6.45, 7) is 2.07. The predicted molar refractivity (Wildman–Crippen MR) is 99.5 cm³/mol. The first-order valence-electron chi connectivity index (χ1n) is 9.27. The van der Waals surface area contributed by atoms with Gasteiger partial charge in [0.05, 0.1) is 4.90 Å². The molecule has 5 nitrogen and oxygen atoms in total. The Hall–Kier alpha value is -1.92. The maximum atomic E-state index is 13.2. The van der Waals surface area contributed by atoms with Crippen LogP contribution in [-0.4, -0.2) is 35.9 Å². The second kappa shape index (κ2) is 7.00. The van der Waals surface area contributed by atoms with Crippen molar-refractivity contribution in [3.63, 3.8) is 0 Å². The fourth-order valence-electron chi connectivity index (χ4n) is 4.20. The maximum absolute atomic E-state index is 13.2. The summed E-state index contributed by atoms with van der Waals surface area (Å²) in [4.78, 5) is 4.41. The van der Waals surface area contributed by atoms with Gasteiger partial charge < -0.3 is 4.74 Å². The minimum atomic E-state index is -3.45. The van der Waals surface area contributed by atoms with E-state index in [-0.39, 0.29) is 18.2 Å². The van der Waals surface area contributed by atoms with Gasteiger partial charge in [-0.3, -0.25) is 4.98 Å². The van der Waals surface area contributed by atoms with Crippen LogP contribution in [0.25, 0.3) is 0 Å². The second-order valence-electron chi connectivity index (χ2n) is 7.11. The SMILES string of the molecule is CCc1ccc(S(=O)(=O)N2C3CCC2CC(Oc2ccncc2)C3)cc1. The molecular formula is C20H24N2O3S. The van der Waals surface area contributed by atoms with Crippen molar-refractivity contribution >= 4 is 10.0 Å². The number of hydrogen-bond donors (Lipinski definition) is 0. The lowest BCUT2D eigenvalue weighted by molar-refractivity contribution is 0.0956. The minimum Gasteiger partial charge on any atom is -0.490 e. The number of fused-ring (bicyclic) bond motifs is 2. The molecule has 0 spiro atoms. The number of sulfonamides is 1. The summed E-state index contributed by atoms with van der Waals surface area (Å²) in [6, 6.07) is 11.1. The molecule has 2 unspecified atom stereocenters. The van der Waals surface area contributed by atoms with Gasteiger partial charge in [0.1, 0.15) is 11.9 Å². The number of pyridine rings is 1. The van der Waals surface area contributed by atoms with Crippen LogP contribution in [0.4, 0.5) is 0 Å². The van der Waals surface area contributed by atoms with Crippen molar-refractivity contribution in [2.45, 2.75) is 62.1 Å². The fourth-order valence-corrected chi connectivity index (χ4v) is 6.09. The normalized spacial score (nSPS) is 26.0. The molecule has 26 heavy (non-hydrogen) atoms. The van der Waals surface area contributed by atoms with Crippen LogP contribution in [0.1, 0.15) is 38.2 Å². The van der Waals surface area contributed by atoms with E-state index in [1.807, 2.05) is 24.3 Å². The van der Waals surface area contributed by atoms with Gasteiger partial charge in [-0.15, -0.1) is 0 Å². The molecule has 0 saturated carbocycles. The summed E-state index contributed by atoms with van der Waals surface area (Å²) in [7, 11) is -3.45. The number of hydrogen-bond acceptors (Lipinski definition) is 4. The third-order valence-electron chi connectivity index (χ3n) is 5.48. The highest BCUT2D eigenvalue weighted by molar-refractivity contribution is 7.89. The van der Waals surface area contributed by atoms with E-state index in [2.05, 4.69) is 11.9 Å². The van der Waals surface area contributed by atoms with Gasteiger partial charge in [0.2, 0.25) is 10.0 Å². The van der Waals surface area contributed by atoms with E-state index in [0.29, 0.717) is 4.90 Å². The molecule has 1 aromatic carbocycles. The van der Waals surface area contributed by atoms with E-state index in [0.717, 1.165) is 43.4 Å². The third kappa shape index (κ3) is 3.23. The molecule has 4 rings (SSSR count). The molecule has 0 N–H and O–H groups in total. The summed E-state index contributed by atoms with van der Waals surface area (Å²) in [5.74, 6) is 0.802. The number of aromatic nitrogens is 1. The van der Waals surface area contributed by atoms with Crippen LogP contribution in [0.15, 0.2) is 53.7 Å². The van der Waals surface area contributed by atoms with E-state index in [4.69, 9.17) is 4.74 Å². The molecule has 3 heterocycles. The molecule has 2 bridgehead atoms. The van der Waals surface area contributed by atoms with E-state index in [9.17, 15) is 8.42 Å². The van der Waals surface area contributed by atoms with Gasteiger partial charge in [-0.1, -0.05) is 19.1 Å². The molecule has 1 aromatic heterocycles. The van der Waals surface area contributed by atoms with Crippen LogP contribution in [0.2, 0.25) is 0 Å². The minimum absolute atomic E-state index is 0.0245. The lowest BCUT2D eigenvalue weighted by Crippen LogP contribution is -2.49. The Morgan fingerprint density at radius 2 is 1.65 bits per heavy atom. The van der Waals surface area contributed by atoms with Crippen LogP contribution in [-0.2, 0) is 16.4 Å². The molecule has 2 saturated heterocycles. The average molecular weight is 372 g/mol. The van der Waals surface area contributed by atoms with E-state index in [1.54, 1.807) is 28.8 Å². The van der Waals surface area contributed by atoms with Crippen molar-refractivity contribution in [1.82, 2.24) is 9.29 Å². The zero-order valence-corrected chi connectivity index (χ0v) is 15.7. The quantitative estimate of drug-likeness (QED) is 0.807. The first kappa shape index (κ1) is 17.5. The predicted octanol–water partition coefficient (Wildman–Crippen LogP) is 3.41. The molecule has 0 aliphatic carbocycles. The van der Waals surface area contributed by atoms with Gasteiger partial charge in [-0.2, -0.15) is 4.31 Å². The zero-order chi connectivity index (χ0) is 18.1. The zero-order valence-electron chi connectivity index (χ0n) is 14.9. The first-order chi connectivity index (χ1) is 12.6. The number of nitrogens with zero attached hydrogens (tertiary/aromatic N) is 2. The number of benzene rings is 1. The van der Waals surface area contributed by atoms with Crippen LogP contribution in [0.5, 0.6) is 5.75 Å². The summed E-state index contributed by atoms with van der Waals surface area (Å²) >= 11 is 0. The van der Waals surface area contributed by atoms with E-state index >= 15 is 0 Å². The van der Waals surface area contributed by atoms with Crippen molar-refractivity contribution in [1.29, 1.82) is 0 Å². The number of rotatable bonds is 5. The van der Waals surface area contributed by atoms with Crippen LogP contribution in [0.3, 0.4) is 0 Å². The highest BCUT2D eigenvalue weighted by Crippen LogP contribution is 2.40. The van der Waals surface area contributed by atoms with Crippen LogP contribution in [0, 0.1) is 0 Å². The highest BCUT2D eigenvalue weighted by atomic mass is 32.2. The van der Waals surface area contributed by atoms with Crippen molar-refractivity contribution < 1.29 is 13.2 Å². The topological polar surface area (TPSA) is 59.5 Å². The highest BCUT2D eigenvalue weighted by Gasteiger charge is 2.47. The molecule has 6 heteroatoms. The summed E-state index contributed by atoms with van der Waals surface area (Å²) in [5.41, 5.74) is 1.15. The van der Waals surface area contributed by atoms with Gasteiger partial charge in [-0.25, -0.2) is 8.42 Å². The van der Waals surface area contributed by atoms with Crippen molar-refractivity contribution in [2.75, 3.05) is 0 Å². The lowest BCUT2D eigenvalue weighted by Gasteiger charge is -2.37. The molecular weight excluding hydrogens is 348 g/mol. The summed E-state index contributed by atoms with van der Waals surface area (Å²) < 4.78 is 34.2. The Balaban J connectivity index is 1.52. The average Bonchev–Trinajstić information content (AvgIpc) is 2.95. The van der Waals surface area contributed by atoms with Gasteiger partial charge >= 0.3 is 0 Å². The smallest absolute Gasteiger partial charge is 0.243 e. The number of piperidine rings is 1. The Bertz CT molecular complexity index is 838. The van der Waals surface area contributed by atoms with Crippen molar-refractivity contribution in [3.8, 4) is 5.75 Å². The van der Waals surface area contributed by atoms with Crippen LogP contribution >= 0.6 is 0 Å². The van der Waals surface area contributed by atoms with Gasteiger partial charge in [-0.05, 0) is 49.1 Å². The fraction of sp³-hybridized carbons (Fsp3) is 0.450. The largest absolute Gasteiger partial charge is 0.490 e. The number of ether oxygens (including phenoxy) is 1. The van der Waals surface area contributed by atoms with Gasteiger partial charge in [0.25, 0.3) is 0 Å².